The van der Waals surface area contributed by atoms with Crippen molar-refractivity contribution in [1.29, 1.82) is 0 Å². The van der Waals surface area contributed by atoms with Crippen LogP contribution >= 0.6 is 27.5 Å². The molecule has 0 saturated carbocycles. The van der Waals surface area contributed by atoms with Gasteiger partial charge < -0.3 is 4.74 Å². The maximum atomic E-state index is 13.8. The lowest BCUT2D eigenvalue weighted by Gasteiger charge is -2.14. The molecule has 0 spiro atoms. The predicted molar refractivity (Wildman–Crippen MR) is 79.8 cm³/mol. The molecule has 0 radical (unpaired) electrons. The third kappa shape index (κ3) is 3.48. The molecule has 2 rings (SSSR count). The van der Waals surface area contributed by atoms with Crippen LogP contribution in [0.25, 0.3) is 0 Å². The third-order valence-corrected chi connectivity index (χ3v) is 3.94. The molecule has 0 aromatic heterocycles. The van der Waals surface area contributed by atoms with Crippen molar-refractivity contribution < 1.29 is 9.13 Å². The summed E-state index contributed by atoms with van der Waals surface area (Å²) in [5, 5.41) is 0.401. The van der Waals surface area contributed by atoms with Crippen LogP contribution < -0.4 is 4.74 Å². The highest BCUT2D eigenvalue weighted by molar-refractivity contribution is 9.09. The van der Waals surface area contributed by atoms with Gasteiger partial charge in [0, 0.05) is 15.4 Å². The maximum absolute atomic E-state index is 13.8. The number of rotatable bonds is 4. The molecule has 2 aromatic carbocycles. The van der Waals surface area contributed by atoms with Crippen LogP contribution in [-0.2, 0) is 6.42 Å². The van der Waals surface area contributed by atoms with Gasteiger partial charge in [-0.05, 0) is 30.2 Å². The van der Waals surface area contributed by atoms with E-state index in [1.54, 1.807) is 19.2 Å². The van der Waals surface area contributed by atoms with E-state index in [2.05, 4.69) is 15.9 Å². The van der Waals surface area contributed by atoms with Crippen LogP contribution in [0, 0.1) is 5.82 Å². The first-order chi connectivity index (χ1) is 9.11. The lowest BCUT2D eigenvalue weighted by Crippen LogP contribution is -2.00. The van der Waals surface area contributed by atoms with Crippen LogP contribution in [0.2, 0.25) is 5.02 Å². The van der Waals surface area contributed by atoms with E-state index in [9.17, 15) is 4.39 Å². The average molecular weight is 344 g/mol. The Bertz CT molecular complexity index is 574. The van der Waals surface area contributed by atoms with Crippen molar-refractivity contribution in [1.82, 2.24) is 0 Å². The molecule has 0 aliphatic rings. The summed E-state index contributed by atoms with van der Waals surface area (Å²) in [6, 6.07) is 12.4. The minimum Gasteiger partial charge on any atom is -0.496 e. The summed E-state index contributed by atoms with van der Waals surface area (Å²) in [7, 11) is 1.63. The standard InChI is InChI=1S/C15H13BrClFO/c1-19-15-5-3-2-4-10(15)8-13(16)12-7-6-11(17)9-14(12)18/h2-7,9,13H,8H2,1H3. The molecule has 0 aliphatic heterocycles. The first-order valence-corrected chi connectivity index (χ1v) is 7.12. The molecule has 100 valence electrons. The molecule has 4 heteroatoms. The Morgan fingerprint density at radius 2 is 2.00 bits per heavy atom. The summed E-state index contributed by atoms with van der Waals surface area (Å²) in [5.74, 6) is 0.505. The minimum atomic E-state index is -0.302. The van der Waals surface area contributed by atoms with Gasteiger partial charge in [-0.25, -0.2) is 4.39 Å². The summed E-state index contributed by atoms with van der Waals surface area (Å²) in [4.78, 5) is -0.124. The Morgan fingerprint density at radius 3 is 2.68 bits per heavy atom. The van der Waals surface area contributed by atoms with Gasteiger partial charge in [-0.2, -0.15) is 0 Å². The lowest BCUT2D eigenvalue weighted by molar-refractivity contribution is 0.409. The number of para-hydroxylation sites is 1. The first-order valence-electron chi connectivity index (χ1n) is 5.82. The summed E-state index contributed by atoms with van der Waals surface area (Å²) in [5.41, 5.74) is 1.62. The number of halogens is 3. The number of methoxy groups -OCH3 is 1. The van der Waals surface area contributed by atoms with Gasteiger partial charge in [0.1, 0.15) is 11.6 Å². The van der Waals surface area contributed by atoms with Crippen molar-refractivity contribution >= 4 is 27.5 Å². The van der Waals surface area contributed by atoms with Crippen LogP contribution in [-0.4, -0.2) is 7.11 Å². The summed E-state index contributed by atoms with van der Waals surface area (Å²) in [6.45, 7) is 0. The Hall–Kier alpha value is -1.06. The normalized spacial score (nSPS) is 12.2. The third-order valence-electron chi connectivity index (χ3n) is 2.89. The van der Waals surface area contributed by atoms with Crippen molar-refractivity contribution in [2.75, 3.05) is 7.11 Å². The van der Waals surface area contributed by atoms with Gasteiger partial charge in [0.05, 0.1) is 7.11 Å². The maximum Gasteiger partial charge on any atom is 0.129 e. The number of benzene rings is 2. The number of alkyl halides is 1. The molecule has 2 aromatic rings. The number of hydrogen-bond acceptors (Lipinski definition) is 1. The molecule has 0 saturated heterocycles. The van der Waals surface area contributed by atoms with E-state index in [4.69, 9.17) is 16.3 Å². The molecular formula is C15H13BrClFO. The summed E-state index contributed by atoms with van der Waals surface area (Å²) >= 11 is 9.28. The average Bonchev–Trinajstić information content (AvgIpc) is 2.39. The highest BCUT2D eigenvalue weighted by Gasteiger charge is 2.15. The van der Waals surface area contributed by atoms with E-state index in [1.165, 1.54) is 6.07 Å². The molecular weight excluding hydrogens is 331 g/mol. The van der Waals surface area contributed by atoms with Crippen molar-refractivity contribution in [2.45, 2.75) is 11.2 Å². The highest BCUT2D eigenvalue weighted by Crippen LogP contribution is 2.32. The molecule has 1 unspecified atom stereocenters. The van der Waals surface area contributed by atoms with Crippen molar-refractivity contribution in [3.8, 4) is 5.75 Å². The predicted octanol–water partition coefficient (Wildman–Crippen LogP) is 5.17. The van der Waals surface area contributed by atoms with Gasteiger partial charge in [0.2, 0.25) is 0 Å². The quantitative estimate of drug-likeness (QED) is 0.696. The van der Waals surface area contributed by atoms with E-state index in [0.29, 0.717) is 17.0 Å². The molecule has 0 amide bonds. The van der Waals surface area contributed by atoms with Crippen molar-refractivity contribution in [2.24, 2.45) is 0 Å². The van der Waals surface area contributed by atoms with Crippen LogP contribution in [0.3, 0.4) is 0 Å². The van der Waals surface area contributed by atoms with Crippen LogP contribution in [0.4, 0.5) is 4.39 Å². The fourth-order valence-electron chi connectivity index (χ4n) is 1.93. The second-order valence-corrected chi connectivity index (χ2v) is 5.69. The first kappa shape index (κ1) is 14.4. The molecule has 1 nitrogen and oxygen atoms in total. The van der Waals surface area contributed by atoms with Gasteiger partial charge >= 0.3 is 0 Å². The van der Waals surface area contributed by atoms with Crippen molar-refractivity contribution in [3.63, 3.8) is 0 Å². The molecule has 19 heavy (non-hydrogen) atoms. The Labute approximate surface area is 125 Å². The van der Waals surface area contributed by atoms with Crippen LogP contribution in [0.5, 0.6) is 5.75 Å². The SMILES string of the molecule is COc1ccccc1CC(Br)c1ccc(Cl)cc1F. The number of hydrogen-bond donors (Lipinski definition) is 0. The lowest BCUT2D eigenvalue weighted by atomic mass is 10.0. The van der Waals surface area contributed by atoms with Gasteiger partial charge in [0.25, 0.3) is 0 Å². The monoisotopic (exact) mass is 342 g/mol. The molecule has 0 aliphatic carbocycles. The molecule has 0 N–H and O–H groups in total. The van der Waals surface area contributed by atoms with E-state index >= 15 is 0 Å². The smallest absolute Gasteiger partial charge is 0.129 e. The minimum absolute atomic E-state index is 0.124. The van der Waals surface area contributed by atoms with Crippen molar-refractivity contribution in [3.05, 3.63) is 64.4 Å². The fraction of sp³-hybridized carbons (Fsp3) is 0.200. The Morgan fingerprint density at radius 1 is 1.26 bits per heavy atom. The Balaban J connectivity index is 2.23. The van der Waals surface area contributed by atoms with E-state index in [1.807, 2.05) is 24.3 Å². The topological polar surface area (TPSA) is 9.23 Å². The van der Waals surface area contributed by atoms with Gasteiger partial charge in [-0.3, -0.25) is 0 Å². The highest BCUT2D eigenvalue weighted by atomic mass is 79.9. The van der Waals surface area contributed by atoms with E-state index in [0.717, 1.165) is 11.3 Å². The van der Waals surface area contributed by atoms with Gasteiger partial charge in [-0.15, -0.1) is 0 Å². The fourth-order valence-corrected chi connectivity index (χ4v) is 2.81. The number of ether oxygens (including phenoxy) is 1. The van der Waals surface area contributed by atoms with Gasteiger partial charge in [0.15, 0.2) is 0 Å². The second kappa shape index (κ2) is 6.40. The van der Waals surface area contributed by atoms with Gasteiger partial charge in [-0.1, -0.05) is 51.8 Å². The summed E-state index contributed by atoms with van der Waals surface area (Å²) in [6.07, 6.45) is 0.641. The van der Waals surface area contributed by atoms with Crippen LogP contribution in [0.15, 0.2) is 42.5 Å². The molecule has 0 bridgehead atoms. The molecule has 0 fully saturated rings. The summed E-state index contributed by atoms with van der Waals surface area (Å²) < 4.78 is 19.1. The zero-order valence-electron chi connectivity index (χ0n) is 10.4. The zero-order chi connectivity index (χ0) is 13.8. The van der Waals surface area contributed by atoms with E-state index in [-0.39, 0.29) is 10.6 Å². The molecule has 1 atom stereocenters. The zero-order valence-corrected chi connectivity index (χ0v) is 12.7. The second-order valence-electron chi connectivity index (χ2n) is 4.15. The van der Waals surface area contributed by atoms with Crippen LogP contribution in [0.1, 0.15) is 16.0 Å². The largest absolute Gasteiger partial charge is 0.496 e. The van der Waals surface area contributed by atoms with E-state index < -0.39 is 0 Å². The molecule has 0 heterocycles. The Kier molecular flexibility index (Phi) is 4.83.